The standard InChI is InChI=1S/C21H22N4O/c1-14-7-5-10-17(15(14)2)24-21(26)19-11-6-12-25(19)20-16-8-3-4-9-18(16)22-13-23-20/h3-5,7-10,13,19H,6,11-12H2,1-2H3,(H,24,26)/t19-/m0/s1. The van der Waals surface area contributed by atoms with Crippen LogP contribution in [0.1, 0.15) is 24.0 Å². The zero-order chi connectivity index (χ0) is 18.1. The first-order chi connectivity index (χ1) is 12.6. The molecule has 1 aliphatic rings. The van der Waals surface area contributed by atoms with Crippen LogP contribution in [-0.4, -0.2) is 28.5 Å². The molecule has 1 fully saturated rings. The van der Waals surface area contributed by atoms with Gasteiger partial charge in [0.15, 0.2) is 0 Å². The molecule has 1 atom stereocenters. The highest BCUT2D eigenvalue weighted by atomic mass is 16.2. The Morgan fingerprint density at radius 1 is 1.12 bits per heavy atom. The number of rotatable bonds is 3. The van der Waals surface area contributed by atoms with Gasteiger partial charge in [0.05, 0.1) is 5.52 Å². The molecule has 4 rings (SSSR count). The summed E-state index contributed by atoms with van der Waals surface area (Å²) >= 11 is 0. The van der Waals surface area contributed by atoms with Crippen molar-refractivity contribution < 1.29 is 4.79 Å². The van der Waals surface area contributed by atoms with E-state index in [4.69, 9.17) is 0 Å². The van der Waals surface area contributed by atoms with E-state index in [0.717, 1.165) is 47.4 Å². The largest absolute Gasteiger partial charge is 0.344 e. The smallest absolute Gasteiger partial charge is 0.247 e. The van der Waals surface area contributed by atoms with Gasteiger partial charge in [-0.1, -0.05) is 24.3 Å². The quantitative estimate of drug-likeness (QED) is 0.782. The fraction of sp³-hybridized carbons (Fsp3) is 0.286. The molecule has 0 bridgehead atoms. The highest BCUT2D eigenvalue weighted by molar-refractivity contribution is 5.99. The number of fused-ring (bicyclic) bond motifs is 1. The van der Waals surface area contributed by atoms with Crippen molar-refractivity contribution in [2.24, 2.45) is 0 Å². The van der Waals surface area contributed by atoms with E-state index in [1.807, 2.05) is 43.3 Å². The molecule has 1 N–H and O–H groups in total. The Kier molecular flexibility index (Phi) is 4.29. The van der Waals surface area contributed by atoms with Gasteiger partial charge < -0.3 is 10.2 Å². The Hall–Kier alpha value is -2.95. The summed E-state index contributed by atoms with van der Waals surface area (Å²) in [7, 11) is 0. The number of para-hydroxylation sites is 1. The summed E-state index contributed by atoms with van der Waals surface area (Å²) in [5.74, 6) is 0.869. The number of hydrogen-bond acceptors (Lipinski definition) is 4. The lowest BCUT2D eigenvalue weighted by molar-refractivity contribution is -0.117. The summed E-state index contributed by atoms with van der Waals surface area (Å²) < 4.78 is 0. The molecular formula is C21H22N4O. The molecule has 132 valence electrons. The normalized spacial score (nSPS) is 16.8. The number of carbonyl (C=O) groups is 1. The number of nitrogens with zero attached hydrogens (tertiary/aromatic N) is 3. The van der Waals surface area contributed by atoms with Gasteiger partial charge in [-0.15, -0.1) is 0 Å². The zero-order valence-corrected chi connectivity index (χ0v) is 15.1. The van der Waals surface area contributed by atoms with E-state index in [9.17, 15) is 4.79 Å². The summed E-state index contributed by atoms with van der Waals surface area (Å²) in [5.41, 5.74) is 4.07. The molecule has 2 heterocycles. The summed E-state index contributed by atoms with van der Waals surface area (Å²) in [6.45, 7) is 4.92. The van der Waals surface area contributed by atoms with Crippen molar-refractivity contribution in [2.75, 3.05) is 16.8 Å². The van der Waals surface area contributed by atoms with E-state index in [2.05, 4.69) is 33.2 Å². The molecule has 26 heavy (non-hydrogen) atoms. The minimum atomic E-state index is -0.215. The SMILES string of the molecule is Cc1cccc(NC(=O)[C@@H]2CCCN2c2ncnc3ccccc23)c1C. The number of nitrogens with one attached hydrogen (secondary N) is 1. The summed E-state index contributed by atoms with van der Waals surface area (Å²) in [6, 6.07) is 13.7. The van der Waals surface area contributed by atoms with Gasteiger partial charge in [-0.05, 0) is 56.0 Å². The van der Waals surface area contributed by atoms with Crippen molar-refractivity contribution in [2.45, 2.75) is 32.7 Å². The van der Waals surface area contributed by atoms with Crippen LogP contribution in [0.5, 0.6) is 0 Å². The maximum Gasteiger partial charge on any atom is 0.247 e. The van der Waals surface area contributed by atoms with Gasteiger partial charge in [0.1, 0.15) is 18.2 Å². The first-order valence-corrected chi connectivity index (χ1v) is 8.98. The third kappa shape index (κ3) is 2.90. The topological polar surface area (TPSA) is 58.1 Å². The van der Waals surface area contributed by atoms with Gasteiger partial charge in [0.25, 0.3) is 0 Å². The van der Waals surface area contributed by atoms with Crippen molar-refractivity contribution in [3.8, 4) is 0 Å². The number of carbonyl (C=O) groups excluding carboxylic acids is 1. The van der Waals surface area contributed by atoms with Crippen LogP contribution in [0, 0.1) is 13.8 Å². The molecule has 1 aliphatic heterocycles. The molecule has 5 heteroatoms. The van der Waals surface area contributed by atoms with Gasteiger partial charge in [0, 0.05) is 17.6 Å². The second kappa shape index (κ2) is 6.75. The molecule has 0 unspecified atom stereocenters. The number of amides is 1. The molecule has 0 aliphatic carbocycles. The molecule has 1 saturated heterocycles. The zero-order valence-electron chi connectivity index (χ0n) is 15.1. The number of benzene rings is 2. The molecule has 0 saturated carbocycles. The molecule has 5 nitrogen and oxygen atoms in total. The second-order valence-corrected chi connectivity index (χ2v) is 6.80. The molecule has 0 spiro atoms. The summed E-state index contributed by atoms with van der Waals surface area (Å²) in [4.78, 5) is 23.9. The predicted molar refractivity (Wildman–Crippen MR) is 104 cm³/mol. The highest BCUT2D eigenvalue weighted by Gasteiger charge is 2.32. The van der Waals surface area contributed by atoms with E-state index in [-0.39, 0.29) is 11.9 Å². The Bertz CT molecular complexity index is 964. The van der Waals surface area contributed by atoms with Crippen LogP contribution in [-0.2, 0) is 4.79 Å². The Morgan fingerprint density at radius 2 is 1.96 bits per heavy atom. The summed E-state index contributed by atoms with van der Waals surface area (Å²) in [5, 5.41) is 4.10. The first kappa shape index (κ1) is 16.5. The third-order valence-electron chi connectivity index (χ3n) is 5.21. The number of aromatic nitrogens is 2. The highest BCUT2D eigenvalue weighted by Crippen LogP contribution is 2.30. The number of aryl methyl sites for hydroxylation is 1. The van der Waals surface area contributed by atoms with Gasteiger partial charge in [-0.25, -0.2) is 9.97 Å². The average molecular weight is 346 g/mol. The lowest BCUT2D eigenvalue weighted by Gasteiger charge is -2.26. The average Bonchev–Trinajstić information content (AvgIpc) is 3.15. The maximum absolute atomic E-state index is 13.0. The summed E-state index contributed by atoms with van der Waals surface area (Å²) in [6.07, 6.45) is 3.38. The number of hydrogen-bond donors (Lipinski definition) is 1. The van der Waals surface area contributed by atoms with E-state index < -0.39 is 0 Å². The molecule has 1 amide bonds. The Labute approximate surface area is 153 Å². The lowest BCUT2D eigenvalue weighted by atomic mass is 10.1. The van der Waals surface area contributed by atoms with Crippen molar-refractivity contribution in [1.82, 2.24) is 9.97 Å². The molecule has 1 aromatic heterocycles. The minimum Gasteiger partial charge on any atom is -0.344 e. The molecule has 2 aromatic carbocycles. The first-order valence-electron chi connectivity index (χ1n) is 8.98. The lowest BCUT2D eigenvalue weighted by Crippen LogP contribution is -2.40. The van der Waals surface area contributed by atoms with Crippen LogP contribution in [0.2, 0.25) is 0 Å². The van der Waals surface area contributed by atoms with Crippen molar-refractivity contribution in [3.63, 3.8) is 0 Å². The molecule has 3 aromatic rings. The van der Waals surface area contributed by atoms with Gasteiger partial charge in [-0.3, -0.25) is 4.79 Å². The Balaban J connectivity index is 1.64. The second-order valence-electron chi connectivity index (χ2n) is 6.80. The van der Waals surface area contributed by atoms with Gasteiger partial charge in [0.2, 0.25) is 5.91 Å². The fourth-order valence-corrected chi connectivity index (χ4v) is 3.61. The van der Waals surface area contributed by atoms with E-state index in [1.165, 1.54) is 5.56 Å². The van der Waals surface area contributed by atoms with Crippen LogP contribution >= 0.6 is 0 Å². The minimum absolute atomic E-state index is 0.0268. The molecular weight excluding hydrogens is 324 g/mol. The third-order valence-corrected chi connectivity index (χ3v) is 5.21. The maximum atomic E-state index is 13.0. The van der Waals surface area contributed by atoms with Crippen LogP contribution in [0.4, 0.5) is 11.5 Å². The van der Waals surface area contributed by atoms with Gasteiger partial charge in [-0.2, -0.15) is 0 Å². The van der Waals surface area contributed by atoms with Crippen LogP contribution in [0.15, 0.2) is 48.8 Å². The van der Waals surface area contributed by atoms with Crippen LogP contribution in [0.3, 0.4) is 0 Å². The van der Waals surface area contributed by atoms with Crippen LogP contribution < -0.4 is 10.2 Å². The molecule has 0 radical (unpaired) electrons. The van der Waals surface area contributed by atoms with Crippen molar-refractivity contribution in [1.29, 1.82) is 0 Å². The van der Waals surface area contributed by atoms with Crippen molar-refractivity contribution in [3.05, 3.63) is 59.9 Å². The van der Waals surface area contributed by atoms with E-state index in [1.54, 1.807) is 6.33 Å². The van der Waals surface area contributed by atoms with Gasteiger partial charge >= 0.3 is 0 Å². The van der Waals surface area contributed by atoms with E-state index in [0.29, 0.717) is 0 Å². The number of anilines is 2. The fourth-order valence-electron chi connectivity index (χ4n) is 3.61. The Morgan fingerprint density at radius 3 is 2.85 bits per heavy atom. The van der Waals surface area contributed by atoms with E-state index >= 15 is 0 Å². The van der Waals surface area contributed by atoms with Crippen molar-refractivity contribution >= 4 is 28.3 Å². The van der Waals surface area contributed by atoms with Crippen LogP contribution in [0.25, 0.3) is 10.9 Å². The predicted octanol–water partition coefficient (Wildman–Crippen LogP) is 3.85. The monoisotopic (exact) mass is 346 g/mol.